The molecule has 0 fully saturated rings. The molecule has 2 heterocycles. The highest BCUT2D eigenvalue weighted by Gasteiger charge is 2.24. The minimum absolute atomic E-state index is 0.0715. The van der Waals surface area contributed by atoms with Gasteiger partial charge in [-0.15, -0.1) is 0 Å². The van der Waals surface area contributed by atoms with Crippen LogP contribution in [0.2, 0.25) is 0 Å². The molecule has 3 rings (SSSR count). The number of fused-ring (bicyclic) bond motifs is 1. The van der Waals surface area contributed by atoms with Crippen LogP contribution in [-0.4, -0.2) is 23.5 Å². The molecule has 0 aliphatic rings. The molecule has 0 aliphatic heterocycles. The zero-order chi connectivity index (χ0) is 14.3. The van der Waals surface area contributed by atoms with Crippen molar-refractivity contribution in [2.75, 3.05) is 4.72 Å². The Morgan fingerprint density at radius 3 is 2.80 bits per heavy atom. The van der Waals surface area contributed by atoms with E-state index in [0.29, 0.717) is 11.4 Å². The Balaban J connectivity index is 2.01. The number of benzene rings is 1. The molecule has 0 spiro atoms. The van der Waals surface area contributed by atoms with E-state index in [2.05, 4.69) is 19.8 Å². The third-order valence-electron chi connectivity index (χ3n) is 2.91. The van der Waals surface area contributed by atoms with Crippen molar-refractivity contribution in [1.29, 1.82) is 0 Å². The van der Waals surface area contributed by atoms with Crippen molar-refractivity contribution in [1.82, 2.24) is 15.1 Å². The van der Waals surface area contributed by atoms with Crippen LogP contribution in [0.1, 0.15) is 11.5 Å². The van der Waals surface area contributed by atoms with Crippen molar-refractivity contribution in [3.05, 3.63) is 36.0 Å². The predicted octanol–water partition coefficient (Wildman–Crippen LogP) is 1.97. The minimum atomic E-state index is -3.72. The molecular weight excluding hydrogens is 280 g/mol. The molecule has 0 saturated carbocycles. The number of aryl methyl sites for hydroxylation is 2. The number of nitrogens with zero attached hydrogens (tertiary/aromatic N) is 2. The third kappa shape index (κ3) is 2.03. The van der Waals surface area contributed by atoms with Gasteiger partial charge in [-0.3, -0.25) is 4.72 Å². The summed E-state index contributed by atoms with van der Waals surface area (Å²) >= 11 is 0. The maximum absolute atomic E-state index is 12.3. The van der Waals surface area contributed by atoms with Crippen LogP contribution >= 0.6 is 0 Å². The standard InChI is InChI=1S/C12H12N4O3S/c1-7-12(8(2)19-15-7)20(17,18)16-9-3-4-10-11(5-9)14-6-13-10/h3-6,16H,1-2H3,(H,13,14). The van der Waals surface area contributed by atoms with Crippen LogP contribution in [0, 0.1) is 13.8 Å². The van der Waals surface area contributed by atoms with Gasteiger partial charge in [-0.25, -0.2) is 13.4 Å². The highest BCUT2D eigenvalue weighted by molar-refractivity contribution is 7.92. The smallest absolute Gasteiger partial charge is 0.267 e. The van der Waals surface area contributed by atoms with Crippen molar-refractivity contribution in [2.45, 2.75) is 18.7 Å². The zero-order valence-corrected chi connectivity index (χ0v) is 11.7. The van der Waals surface area contributed by atoms with Crippen LogP contribution in [0.4, 0.5) is 5.69 Å². The number of anilines is 1. The number of H-pyrrole nitrogens is 1. The maximum atomic E-state index is 12.3. The van der Waals surface area contributed by atoms with E-state index in [4.69, 9.17) is 4.52 Å². The first-order valence-corrected chi connectivity index (χ1v) is 7.34. The SMILES string of the molecule is Cc1noc(C)c1S(=O)(=O)Nc1ccc2nc[nH]c2c1. The summed E-state index contributed by atoms with van der Waals surface area (Å²) < 4.78 is 32.1. The van der Waals surface area contributed by atoms with E-state index in [1.54, 1.807) is 38.4 Å². The Kier molecular flexibility index (Phi) is 2.75. The van der Waals surface area contributed by atoms with Gasteiger partial charge in [0.25, 0.3) is 10.0 Å². The largest absolute Gasteiger partial charge is 0.360 e. The number of hydrogen-bond acceptors (Lipinski definition) is 5. The van der Waals surface area contributed by atoms with Gasteiger partial charge < -0.3 is 9.51 Å². The van der Waals surface area contributed by atoms with E-state index in [9.17, 15) is 8.42 Å². The lowest BCUT2D eigenvalue weighted by molar-refractivity contribution is 0.390. The Morgan fingerprint density at radius 1 is 1.30 bits per heavy atom. The van der Waals surface area contributed by atoms with E-state index in [-0.39, 0.29) is 10.7 Å². The van der Waals surface area contributed by atoms with Crippen LogP contribution in [0.3, 0.4) is 0 Å². The fourth-order valence-corrected chi connectivity index (χ4v) is 3.44. The average Bonchev–Trinajstić information content (AvgIpc) is 2.95. The first kappa shape index (κ1) is 12.7. The van der Waals surface area contributed by atoms with Gasteiger partial charge in [-0.05, 0) is 32.0 Å². The van der Waals surface area contributed by atoms with E-state index in [1.165, 1.54) is 0 Å². The van der Waals surface area contributed by atoms with Gasteiger partial charge in [0.1, 0.15) is 5.69 Å². The van der Waals surface area contributed by atoms with Gasteiger partial charge in [-0.2, -0.15) is 0 Å². The molecule has 20 heavy (non-hydrogen) atoms. The number of nitrogens with one attached hydrogen (secondary N) is 2. The summed E-state index contributed by atoms with van der Waals surface area (Å²) in [4.78, 5) is 7.07. The molecule has 0 saturated heterocycles. The molecule has 0 amide bonds. The van der Waals surface area contributed by atoms with Gasteiger partial charge in [0.15, 0.2) is 10.7 Å². The molecular formula is C12H12N4O3S. The van der Waals surface area contributed by atoms with Crippen LogP contribution < -0.4 is 4.72 Å². The molecule has 0 unspecified atom stereocenters. The van der Waals surface area contributed by atoms with E-state index in [0.717, 1.165) is 11.0 Å². The maximum Gasteiger partial charge on any atom is 0.267 e. The van der Waals surface area contributed by atoms with Crippen molar-refractivity contribution in [3.63, 3.8) is 0 Å². The number of rotatable bonds is 3. The van der Waals surface area contributed by atoms with Gasteiger partial charge >= 0.3 is 0 Å². The molecule has 2 N–H and O–H groups in total. The van der Waals surface area contributed by atoms with Gasteiger partial charge in [0, 0.05) is 0 Å². The van der Waals surface area contributed by atoms with Crippen molar-refractivity contribution >= 4 is 26.7 Å². The number of aromatic amines is 1. The molecule has 0 bridgehead atoms. The lowest BCUT2D eigenvalue weighted by Gasteiger charge is -2.07. The lowest BCUT2D eigenvalue weighted by Crippen LogP contribution is -2.14. The zero-order valence-electron chi connectivity index (χ0n) is 10.8. The van der Waals surface area contributed by atoms with E-state index in [1.807, 2.05) is 0 Å². The van der Waals surface area contributed by atoms with E-state index < -0.39 is 10.0 Å². The topological polar surface area (TPSA) is 101 Å². The van der Waals surface area contributed by atoms with Crippen LogP contribution in [0.5, 0.6) is 0 Å². The second-order valence-corrected chi connectivity index (χ2v) is 6.01. The Bertz CT molecular complexity index is 860. The average molecular weight is 292 g/mol. The van der Waals surface area contributed by atoms with Gasteiger partial charge in [0.2, 0.25) is 0 Å². The minimum Gasteiger partial charge on any atom is -0.360 e. The summed E-state index contributed by atoms with van der Waals surface area (Å²) in [7, 11) is -3.72. The summed E-state index contributed by atoms with van der Waals surface area (Å²) in [6.07, 6.45) is 1.55. The van der Waals surface area contributed by atoms with Crippen LogP contribution in [0.15, 0.2) is 33.9 Å². The predicted molar refractivity (Wildman–Crippen MR) is 72.9 cm³/mol. The van der Waals surface area contributed by atoms with Gasteiger partial charge in [0.05, 0.1) is 23.0 Å². The second kappa shape index (κ2) is 4.34. The van der Waals surface area contributed by atoms with Crippen LogP contribution in [0.25, 0.3) is 11.0 Å². The molecule has 104 valence electrons. The summed E-state index contributed by atoms with van der Waals surface area (Å²) in [6.45, 7) is 3.15. The van der Waals surface area contributed by atoms with Crippen molar-refractivity contribution in [3.8, 4) is 0 Å². The highest BCUT2D eigenvalue weighted by Crippen LogP contribution is 2.23. The van der Waals surface area contributed by atoms with Gasteiger partial charge in [-0.1, -0.05) is 5.16 Å². The third-order valence-corrected chi connectivity index (χ3v) is 4.53. The molecule has 0 aliphatic carbocycles. The monoisotopic (exact) mass is 292 g/mol. The molecule has 8 heteroatoms. The first-order chi connectivity index (χ1) is 9.47. The second-order valence-electron chi connectivity index (χ2n) is 4.39. The summed E-state index contributed by atoms with van der Waals surface area (Å²) in [5, 5.41) is 3.66. The lowest BCUT2D eigenvalue weighted by atomic mass is 10.3. The fraction of sp³-hybridized carbons (Fsp3) is 0.167. The molecule has 0 atom stereocenters. The molecule has 3 aromatic rings. The number of sulfonamides is 1. The molecule has 7 nitrogen and oxygen atoms in total. The molecule has 1 aromatic carbocycles. The molecule has 2 aromatic heterocycles. The summed E-state index contributed by atoms with van der Waals surface area (Å²) in [5.74, 6) is 0.262. The first-order valence-electron chi connectivity index (χ1n) is 5.86. The fourth-order valence-electron chi connectivity index (χ4n) is 2.06. The normalized spacial score (nSPS) is 11.9. The quantitative estimate of drug-likeness (QED) is 0.768. The van der Waals surface area contributed by atoms with Crippen molar-refractivity contribution in [2.24, 2.45) is 0 Å². The number of aromatic nitrogens is 3. The number of imidazole rings is 1. The van der Waals surface area contributed by atoms with Crippen LogP contribution in [-0.2, 0) is 10.0 Å². The Labute approximate surface area is 115 Å². The highest BCUT2D eigenvalue weighted by atomic mass is 32.2. The molecule has 0 radical (unpaired) electrons. The Hall–Kier alpha value is -2.35. The summed E-state index contributed by atoms with van der Waals surface area (Å²) in [5.41, 5.74) is 2.30. The number of hydrogen-bond donors (Lipinski definition) is 2. The van der Waals surface area contributed by atoms with Crippen molar-refractivity contribution < 1.29 is 12.9 Å². The summed E-state index contributed by atoms with van der Waals surface area (Å²) in [6, 6.07) is 5.06. The Morgan fingerprint density at radius 2 is 2.10 bits per heavy atom. The van der Waals surface area contributed by atoms with E-state index >= 15 is 0 Å².